The van der Waals surface area contributed by atoms with Crippen LogP contribution in [0.25, 0.3) is 0 Å². The van der Waals surface area contributed by atoms with Gasteiger partial charge < -0.3 is 15.8 Å². The van der Waals surface area contributed by atoms with Crippen LogP contribution in [0, 0.1) is 12.7 Å². The summed E-state index contributed by atoms with van der Waals surface area (Å²) in [5.41, 5.74) is 7.89. The fourth-order valence-corrected chi connectivity index (χ4v) is 2.21. The first-order valence-electron chi connectivity index (χ1n) is 7.69. The molecule has 1 saturated carbocycles. The van der Waals surface area contributed by atoms with Crippen molar-refractivity contribution in [2.45, 2.75) is 32.4 Å². The molecule has 3 rings (SSSR count). The van der Waals surface area contributed by atoms with E-state index in [9.17, 15) is 4.39 Å². The summed E-state index contributed by atoms with van der Waals surface area (Å²) >= 11 is 0. The molecule has 0 heterocycles. The highest BCUT2D eigenvalue weighted by Crippen LogP contribution is 2.26. The average molecular weight is 441 g/mol. The Kier molecular flexibility index (Phi) is 6.42. The van der Waals surface area contributed by atoms with Crippen molar-refractivity contribution in [2.75, 3.05) is 0 Å². The number of hydrogen-bond acceptors (Lipinski definition) is 2. The minimum Gasteiger partial charge on any atom is -0.457 e. The van der Waals surface area contributed by atoms with Gasteiger partial charge in [-0.1, -0.05) is 12.1 Å². The van der Waals surface area contributed by atoms with Gasteiger partial charge in [0, 0.05) is 6.04 Å². The normalized spacial score (nSPS) is 14.0. The molecule has 0 unspecified atom stereocenters. The zero-order valence-corrected chi connectivity index (χ0v) is 15.8. The Labute approximate surface area is 158 Å². The maximum absolute atomic E-state index is 12.9. The molecular formula is C18H21FIN3O. The van der Waals surface area contributed by atoms with E-state index in [0.29, 0.717) is 24.3 Å². The monoisotopic (exact) mass is 441 g/mol. The molecule has 4 nitrogen and oxygen atoms in total. The molecule has 128 valence electrons. The van der Waals surface area contributed by atoms with E-state index < -0.39 is 0 Å². The Bertz CT molecular complexity index is 715. The molecule has 1 aliphatic rings. The van der Waals surface area contributed by atoms with Crippen LogP contribution in [-0.4, -0.2) is 12.0 Å². The van der Waals surface area contributed by atoms with Crippen molar-refractivity contribution in [1.29, 1.82) is 0 Å². The molecule has 0 spiro atoms. The van der Waals surface area contributed by atoms with E-state index in [0.717, 1.165) is 16.9 Å². The third kappa shape index (κ3) is 5.36. The summed E-state index contributed by atoms with van der Waals surface area (Å²) in [6, 6.07) is 12.4. The quantitative estimate of drug-likeness (QED) is 0.417. The smallest absolute Gasteiger partial charge is 0.189 e. The fraction of sp³-hybridized carbons (Fsp3) is 0.278. The number of aliphatic imine (C=N–C) groups is 1. The molecule has 0 amide bonds. The van der Waals surface area contributed by atoms with Crippen molar-refractivity contribution >= 4 is 29.9 Å². The van der Waals surface area contributed by atoms with Crippen LogP contribution in [0.15, 0.2) is 47.5 Å². The Morgan fingerprint density at radius 1 is 1.25 bits per heavy atom. The van der Waals surface area contributed by atoms with Crippen LogP contribution in [0.5, 0.6) is 11.5 Å². The van der Waals surface area contributed by atoms with Crippen LogP contribution >= 0.6 is 24.0 Å². The summed E-state index contributed by atoms with van der Waals surface area (Å²) in [5.74, 6) is 1.57. The Morgan fingerprint density at radius 3 is 2.58 bits per heavy atom. The SMILES string of the molecule is Cc1cc(CN=C(N)NC2CC2)ccc1Oc1ccc(F)cc1.I. The first-order valence-corrected chi connectivity index (χ1v) is 7.69. The number of hydrogen-bond donors (Lipinski definition) is 2. The number of halogens is 2. The topological polar surface area (TPSA) is 59.6 Å². The molecule has 0 aromatic heterocycles. The van der Waals surface area contributed by atoms with E-state index in [1.165, 1.54) is 25.0 Å². The Balaban J connectivity index is 0.00000208. The molecule has 0 aliphatic heterocycles. The van der Waals surface area contributed by atoms with Crippen molar-refractivity contribution in [3.8, 4) is 11.5 Å². The van der Waals surface area contributed by atoms with Gasteiger partial charge in [0.25, 0.3) is 0 Å². The van der Waals surface area contributed by atoms with Gasteiger partial charge in [-0.3, -0.25) is 0 Å². The number of benzene rings is 2. The second kappa shape index (κ2) is 8.32. The van der Waals surface area contributed by atoms with Gasteiger partial charge in [0.2, 0.25) is 0 Å². The summed E-state index contributed by atoms with van der Waals surface area (Å²) in [4.78, 5) is 4.34. The van der Waals surface area contributed by atoms with Crippen molar-refractivity contribution in [3.63, 3.8) is 0 Å². The maximum Gasteiger partial charge on any atom is 0.189 e. The predicted molar refractivity (Wildman–Crippen MR) is 105 cm³/mol. The number of nitrogens with one attached hydrogen (secondary N) is 1. The van der Waals surface area contributed by atoms with E-state index >= 15 is 0 Å². The van der Waals surface area contributed by atoms with Gasteiger partial charge in [-0.15, -0.1) is 24.0 Å². The van der Waals surface area contributed by atoms with E-state index in [1.807, 2.05) is 25.1 Å². The highest BCUT2D eigenvalue weighted by molar-refractivity contribution is 14.0. The number of nitrogens with two attached hydrogens (primary N) is 1. The summed E-state index contributed by atoms with van der Waals surface area (Å²) < 4.78 is 18.7. The lowest BCUT2D eigenvalue weighted by atomic mass is 10.1. The molecule has 1 fully saturated rings. The molecule has 3 N–H and O–H groups in total. The number of rotatable bonds is 5. The third-order valence-electron chi connectivity index (χ3n) is 3.64. The number of guanidine groups is 1. The second-order valence-electron chi connectivity index (χ2n) is 5.78. The summed E-state index contributed by atoms with van der Waals surface area (Å²) in [6.45, 7) is 2.50. The fourth-order valence-electron chi connectivity index (χ4n) is 2.21. The van der Waals surface area contributed by atoms with Crippen LogP contribution in [0.4, 0.5) is 4.39 Å². The Morgan fingerprint density at radius 2 is 1.96 bits per heavy atom. The molecule has 2 aromatic rings. The second-order valence-corrected chi connectivity index (χ2v) is 5.78. The standard InChI is InChI=1S/C18H20FN3O.HI/c1-12-10-13(11-21-18(20)22-15-5-6-15)2-9-17(12)23-16-7-3-14(19)4-8-16;/h2-4,7-10,15H,5-6,11H2,1H3,(H3,20,21,22);1H. The molecular weight excluding hydrogens is 420 g/mol. The van der Waals surface area contributed by atoms with Gasteiger partial charge >= 0.3 is 0 Å². The minimum atomic E-state index is -0.278. The predicted octanol–water partition coefficient (Wildman–Crippen LogP) is 4.11. The largest absolute Gasteiger partial charge is 0.457 e. The van der Waals surface area contributed by atoms with Gasteiger partial charge in [-0.05, 0) is 61.2 Å². The zero-order valence-electron chi connectivity index (χ0n) is 13.5. The first kappa shape index (κ1) is 18.5. The van der Waals surface area contributed by atoms with Gasteiger partial charge in [-0.25, -0.2) is 9.38 Å². The first-order chi connectivity index (χ1) is 11.1. The van der Waals surface area contributed by atoms with Crippen LogP contribution in [0.1, 0.15) is 24.0 Å². The van der Waals surface area contributed by atoms with Gasteiger partial charge in [0.1, 0.15) is 17.3 Å². The molecule has 0 atom stereocenters. The average Bonchev–Trinajstić information content (AvgIpc) is 3.34. The minimum absolute atomic E-state index is 0. The van der Waals surface area contributed by atoms with E-state index in [4.69, 9.17) is 10.5 Å². The van der Waals surface area contributed by atoms with Crippen LogP contribution in [0.3, 0.4) is 0 Å². The van der Waals surface area contributed by atoms with E-state index in [1.54, 1.807) is 12.1 Å². The molecule has 2 aromatic carbocycles. The molecule has 24 heavy (non-hydrogen) atoms. The third-order valence-corrected chi connectivity index (χ3v) is 3.64. The van der Waals surface area contributed by atoms with Crippen LogP contribution < -0.4 is 15.8 Å². The van der Waals surface area contributed by atoms with Crippen molar-refractivity contribution in [3.05, 3.63) is 59.4 Å². The van der Waals surface area contributed by atoms with Gasteiger partial charge in [0.05, 0.1) is 6.54 Å². The molecule has 6 heteroatoms. The van der Waals surface area contributed by atoms with Crippen molar-refractivity contribution in [1.82, 2.24) is 5.32 Å². The lowest BCUT2D eigenvalue weighted by Crippen LogP contribution is -2.33. The van der Waals surface area contributed by atoms with E-state index in [2.05, 4.69) is 10.3 Å². The number of ether oxygens (including phenoxy) is 1. The zero-order chi connectivity index (χ0) is 16.2. The lowest BCUT2D eigenvalue weighted by molar-refractivity contribution is 0.476. The molecule has 0 radical (unpaired) electrons. The van der Waals surface area contributed by atoms with Gasteiger partial charge in [0.15, 0.2) is 5.96 Å². The summed E-state index contributed by atoms with van der Waals surface area (Å²) in [6.07, 6.45) is 2.34. The molecule has 0 bridgehead atoms. The van der Waals surface area contributed by atoms with Crippen LogP contribution in [0.2, 0.25) is 0 Å². The summed E-state index contributed by atoms with van der Waals surface area (Å²) in [5, 5.41) is 3.16. The lowest BCUT2D eigenvalue weighted by Gasteiger charge is -2.10. The van der Waals surface area contributed by atoms with Crippen molar-refractivity contribution in [2.24, 2.45) is 10.7 Å². The Hall–Kier alpha value is -1.83. The summed E-state index contributed by atoms with van der Waals surface area (Å²) in [7, 11) is 0. The number of nitrogens with zero attached hydrogens (tertiary/aromatic N) is 1. The van der Waals surface area contributed by atoms with E-state index in [-0.39, 0.29) is 29.8 Å². The highest BCUT2D eigenvalue weighted by Gasteiger charge is 2.21. The molecule has 1 aliphatic carbocycles. The molecule has 0 saturated heterocycles. The van der Waals surface area contributed by atoms with Crippen molar-refractivity contribution < 1.29 is 9.13 Å². The van der Waals surface area contributed by atoms with Gasteiger partial charge in [-0.2, -0.15) is 0 Å². The maximum atomic E-state index is 12.9. The highest BCUT2D eigenvalue weighted by atomic mass is 127. The van der Waals surface area contributed by atoms with Crippen LogP contribution in [-0.2, 0) is 6.54 Å². The number of aryl methyl sites for hydroxylation is 1.